The molecule has 3 heterocycles. The summed E-state index contributed by atoms with van der Waals surface area (Å²) in [4.78, 5) is 45.7. The fourth-order valence-corrected chi connectivity index (χ4v) is 10.9. The van der Waals surface area contributed by atoms with Crippen LogP contribution < -0.4 is 14.5 Å². The molecule has 5 unspecified atom stereocenters. The Hall–Kier alpha value is -3.33. The first-order valence-electron chi connectivity index (χ1n) is 14.2. The second kappa shape index (κ2) is 9.86. The average Bonchev–Trinajstić information content (AvgIpc) is 3.72. The van der Waals surface area contributed by atoms with Crippen LogP contribution in [0.5, 0.6) is 5.75 Å². The molecule has 3 aromatic carbocycles. The van der Waals surface area contributed by atoms with Gasteiger partial charge in [0.2, 0.25) is 11.8 Å². The first-order chi connectivity index (χ1) is 20.4. The lowest BCUT2D eigenvalue weighted by Crippen LogP contribution is -2.42. The van der Waals surface area contributed by atoms with Gasteiger partial charge in [-0.3, -0.25) is 19.3 Å². The molecule has 2 saturated carbocycles. The summed E-state index contributed by atoms with van der Waals surface area (Å²) in [5.74, 6) is 0.343. The molecule has 0 spiro atoms. The molecule has 42 heavy (non-hydrogen) atoms. The highest BCUT2D eigenvalue weighted by atomic mass is 35.5. The van der Waals surface area contributed by atoms with Gasteiger partial charge in [-0.1, -0.05) is 64.9 Å². The molecule has 2 aliphatic heterocycles. The van der Waals surface area contributed by atoms with Gasteiger partial charge in [0.05, 0.1) is 22.5 Å². The molecular weight excluding hydrogens is 588 g/mol. The number of amides is 2. The minimum Gasteiger partial charge on any atom is -0.489 e. The summed E-state index contributed by atoms with van der Waals surface area (Å²) in [6, 6.07) is 23.4. The number of nitrogens with zero attached hydrogens (tertiary/aromatic N) is 1. The van der Waals surface area contributed by atoms with Gasteiger partial charge in [-0.15, -0.1) is 11.8 Å². The van der Waals surface area contributed by atoms with Crippen LogP contribution >= 0.6 is 34.7 Å². The minimum atomic E-state index is -0.313. The van der Waals surface area contributed by atoms with Crippen molar-refractivity contribution in [1.29, 1.82) is 0 Å². The van der Waals surface area contributed by atoms with Crippen molar-refractivity contribution < 1.29 is 14.3 Å². The molecule has 7 atom stereocenters. The van der Waals surface area contributed by atoms with E-state index in [9.17, 15) is 14.4 Å². The molecule has 2 amide bonds. The summed E-state index contributed by atoms with van der Waals surface area (Å²) in [6.07, 6.45) is 0.870. The van der Waals surface area contributed by atoms with Crippen molar-refractivity contribution in [3.63, 3.8) is 0 Å². The first-order valence-corrected chi connectivity index (χ1v) is 16.3. The number of anilines is 1. The van der Waals surface area contributed by atoms with Crippen LogP contribution in [0.25, 0.3) is 0 Å². The van der Waals surface area contributed by atoms with Gasteiger partial charge in [0.25, 0.3) is 0 Å². The van der Waals surface area contributed by atoms with Crippen molar-refractivity contribution in [2.45, 2.75) is 36.1 Å². The summed E-state index contributed by atoms with van der Waals surface area (Å²) in [7, 11) is 0. The van der Waals surface area contributed by atoms with Crippen molar-refractivity contribution >= 4 is 52.2 Å². The molecule has 212 valence electrons. The predicted molar refractivity (Wildman–Crippen MR) is 164 cm³/mol. The number of thioether (sulfide) groups is 1. The quantitative estimate of drug-likeness (QED) is 0.255. The largest absolute Gasteiger partial charge is 0.489 e. The molecule has 0 radical (unpaired) electrons. The molecule has 2 bridgehead atoms. The molecule has 6 nitrogen and oxygen atoms in total. The summed E-state index contributed by atoms with van der Waals surface area (Å²) in [5.41, 5.74) is 3.89. The molecule has 1 N–H and O–H groups in total. The van der Waals surface area contributed by atoms with E-state index in [1.54, 1.807) is 11.8 Å². The van der Waals surface area contributed by atoms with Crippen molar-refractivity contribution in [3.05, 3.63) is 109 Å². The second-order valence-corrected chi connectivity index (χ2v) is 14.4. The third kappa shape index (κ3) is 4.02. The average molecular weight is 615 g/mol. The van der Waals surface area contributed by atoms with Crippen molar-refractivity contribution in [1.82, 2.24) is 4.98 Å². The van der Waals surface area contributed by atoms with Gasteiger partial charge in [0, 0.05) is 21.1 Å². The van der Waals surface area contributed by atoms with E-state index >= 15 is 0 Å². The molecule has 8 rings (SSSR count). The number of fused-ring (bicyclic) bond motifs is 9. The van der Waals surface area contributed by atoms with Gasteiger partial charge < -0.3 is 9.72 Å². The van der Waals surface area contributed by atoms with Crippen LogP contribution in [0.3, 0.4) is 0 Å². The van der Waals surface area contributed by atoms with Gasteiger partial charge >= 0.3 is 4.87 Å². The molecular formula is C33H27ClN2O4S2. The Balaban J connectivity index is 1.11. The van der Waals surface area contributed by atoms with Crippen LogP contribution in [0.15, 0.2) is 82.6 Å². The topological polar surface area (TPSA) is 79.5 Å². The number of hydrogen-bond acceptors (Lipinski definition) is 6. The van der Waals surface area contributed by atoms with Gasteiger partial charge in [0.1, 0.15) is 12.4 Å². The van der Waals surface area contributed by atoms with Crippen molar-refractivity contribution in [2.24, 2.45) is 29.6 Å². The van der Waals surface area contributed by atoms with E-state index in [2.05, 4.69) is 17.1 Å². The van der Waals surface area contributed by atoms with Crippen LogP contribution in [0.4, 0.5) is 5.69 Å². The smallest absolute Gasteiger partial charge is 0.305 e. The number of carbonyl (C=O) groups is 2. The zero-order valence-electron chi connectivity index (χ0n) is 22.7. The Morgan fingerprint density at radius 1 is 0.905 bits per heavy atom. The zero-order chi connectivity index (χ0) is 28.7. The van der Waals surface area contributed by atoms with Gasteiger partial charge in [0.15, 0.2) is 0 Å². The van der Waals surface area contributed by atoms with Gasteiger partial charge in [-0.25, -0.2) is 0 Å². The lowest BCUT2D eigenvalue weighted by atomic mass is 9.68. The van der Waals surface area contributed by atoms with Crippen molar-refractivity contribution in [2.75, 3.05) is 4.90 Å². The van der Waals surface area contributed by atoms with Gasteiger partial charge in [-0.2, -0.15) is 0 Å². The van der Waals surface area contributed by atoms with E-state index in [0.717, 1.165) is 38.8 Å². The molecule has 4 aliphatic rings. The van der Waals surface area contributed by atoms with E-state index < -0.39 is 0 Å². The van der Waals surface area contributed by atoms with Crippen LogP contribution in [0.1, 0.15) is 33.9 Å². The number of aromatic nitrogens is 1. The van der Waals surface area contributed by atoms with E-state index in [0.29, 0.717) is 17.3 Å². The number of carbonyl (C=O) groups excluding carboxylic acids is 2. The molecule has 3 fully saturated rings. The number of benzene rings is 3. The Labute approximate surface area is 256 Å². The lowest BCUT2D eigenvalue weighted by Gasteiger charge is -2.43. The highest BCUT2D eigenvalue weighted by molar-refractivity contribution is 8.00. The summed E-state index contributed by atoms with van der Waals surface area (Å²) >= 11 is 8.98. The third-order valence-electron chi connectivity index (χ3n) is 9.57. The Morgan fingerprint density at radius 2 is 1.60 bits per heavy atom. The highest BCUT2D eigenvalue weighted by Crippen LogP contribution is 2.68. The van der Waals surface area contributed by atoms with E-state index in [1.165, 1.54) is 16.2 Å². The predicted octanol–water partition coefficient (Wildman–Crippen LogP) is 6.66. The van der Waals surface area contributed by atoms with Crippen LogP contribution in [-0.4, -0.2) is 22.0 Å². The Kier molecular flexibility index (Phi) is 6.18. The van der Waals surface area contributed by atoms with Crippen LogP contribution in [-0.2, 0) is 16.2 Å². The Bertz CT molecular complexity index is 1770. The number of halogens is 1. The lowest BCUT2D eigenvalue weighted by molar-refractivity contribution is -0.123. The van der Waals surface area contributed by atoms with Crippen LogP contribution in [0.2, 0.25) is 5.02 Å². The number of ether oxygens (including phenoxy) is 1. The Morgan fingerprint density at radius 3 is 2.31 bits per heavy atom. The highest BCUT2D eigenvalue weighted by Gasteiger charge is 2.69. The number of thiazole rings is 1. The molecule has 1 saturated heterocycles. The normalized spacial score (nSPS) is 29.0. The number of rotatable bonds is 5. The number of aryl methyl sites for hydroxylation is 1. The number of aromatic amines is 1. The van der Waals surface area contributed by atoms with Gasteiger partial charge in [-0.05, 0) is 78.6 Å². The SMILES string of the molecule is Cc1ccc(N2C(=O)C3C(C2=O)[C@@H]2C[C@H]3C3Sc4[nH]c(=O)sc4C(c4ccc(OCc5ccc(Cl)cc5)cc4)C32)cc1. The summed E-state index contributed by atoms with van der Waals surface area (Å²) < 4.78 is 6.04. The number of imide groups is 1. The van der Waals surface area contributed by atoms with E-state index in [4.69, 9.17) is 16.3 Å². The first kappa shape index (κ1) is 26.3. The third-order valence-corrected chi connectivity index (χ3v) is 12.4. The van der Waals surface area contributed by atoms with E-state index in [-0.39, 0.29) is 57.4 Å². The maximum absolute atomic E-state index is 13.9. The van der Waals surface area contributed by atoms with E-state index in [1.807, 2.05) is 67.6 Å². The number of hydrogen-bond donors (Lipinski definition) is 1. The minimum absolute atomic E-state index is 0.0206. The van der Waals surface area contributed by atoms with Crippen LogP contribution in [0, 0.1) is 36.5 Å². The molecule has 9 heteroatoms. The fourth-order valence-electron chi connectivity index (χ4n) is 7.86. The maximum Gasteiger partial charge on any atom is 0.305 e. The standard InChI is InChI=1S/C33H27ClN2O4S2/c1-16-2-10-20(11-3-16)36-31(37)26-22-14-23(27(26)32(36)38)28-25(22)24(29-30(41-28)35-33(39)42-29)18-6-12-21(13-7-18)40-15-17-4-8-19(34)9-5-17/h2-13,22-28H,14-15H2,1H3,(H,35,39)/t22-,23-,24?,25?,26?,27?,28?/m1/s1. The zero-order valence-corrected chi connectivity index (χ0v) is 25.0. The monoisotopic (exact) mass is 614 g/mol. The summed E-state index contributed by atoms with van der Waals surface area (Å²) in [5, 5.41) is 1.77. The number of nitrogens with one attached hydrogen (secondary N) is 1. The molecule has 1 aromatic heterocycles. The molecule has 2 aliphatic carbocycles. The number of H-pyrrole nitrogens is 1. The fraction of sp³-hybridized carbons (Fsp3) is 0.303. The summed E-state index contributed by atoms with van der Waals surface area (Å²) in [6.45, 7) is 2.43. The van der Waals surface area contributed by atoms with Crippen molar-refractivity contribution in [3.8, 4) is 5.75 Å². The molecule has 4 aromatic rings. The maximum atomic E-state index is 13.9. The second-order valence-electron chi connectivity index (χ2n) is 11.8.